The van der Waals surface area contributed by atoms with E-state index in [9.17, 15) is 9.59 Å². The third kappa shape index (κ3) is 4.30. The molecule has 0 aliphatic heterocycles. The summed E-state index contributed by atoms with van der Waals surface area (Å²) in [4.78, 5) is 24.9. The van der Waals surface area contributed by atoms with E-state index in [-0.39, 0.29) is 11.6 Å². The van der Waals surface area contributed by atoms with Crippen molar-refractivity contribution in [1.82, 2.24) is 0 Å². The maximum Gasteiger partial charge on any atom is 0.193 e. The van der Waals surface area contributed by atoms with E-state index in [4.69, 9.17) is 4.74 Å². The van der Waals surface area contributed by atoms with Crippen molar-refractivity contribution in [2.75, 3.05) is 0 Å². The van der Waals surface area contributed by atoms with Gasteiger partial charge in [0.25, 0.3) is 0 Å². The molecule has 0 spiro atoms. The van der Waals surface area contributed by atoms with Gasteiger partial charge in [-0.1, -0.05) is 60.7 Å². The van der Waals surface area contributed by atoms with E-state index in [1.807, 2.05) is 36.4 Å². The normalized spacial score (nSPS) is 10.3. The Labute approximate surface area is 169 Å². The number of hydrogen-bond acceptors (Lipinski definition) is 3. The minimum absolute atomic E-state index is 0.0269. The molecule has 3 heteroatoms. The molecule has 0 bridgehead atoms. The van der Waals surface area contributed by atoms with Crippen LogP contribution in [0.3, 0.4) is 0 Å². The van der Waals surface area contributed by atoms with Crippen LogP contribution in [0, 0.1) is 0 Å². The molecule has 4 rings (SSSR count). The van der Waals surface area contributed by atoms with Crippen molar-refractivity contribution >= 4 is 11.6 Å². The third-order valence-corrected chi connectivity index (χ3v) is 4.54. The second-order valence-corrected chi connectivity index (χ2v) is 6.54. The monoisotopic (exact) mass is 378 g/mol. The molecular weight excluding hydrogens is 360 g/mol. The zero-order valence-electron chi connectivity index (χ0n) is 15.6. The predicted octanol–water partition coefficient (Wildman–Crippen LogP) is 5.94. The summed E-state index contributed by atoms with van der Waals surface area (Å²) in [6, 6.07) is 32.4. The molecular formula is C26H18O3. The lowest BCUT2D eigenvalue weighted by Crippen LogP contribution is -2.01. The Kier molecular flexibility index (Phi) is 5.30. The topological polar surface area (TPSA) is 43.4 Å². The smallest absolute Gasteiger partial charge is 0.193 e. The van der Waals surface area contributed by atoms with Gasteiger partial charge in [0, 0.05) is 22.3 Å². The summed E-state index contributed by atoms with van der Waals surface area (Å²) in [7, 11) is 0. The van der Waals surface area contributed by atoms with E-state index in [1.165, 1.54) is 0 Å². The van der Waals surface area contributed by atoms with Crippen LogP contribution in [0.25, 0.3) is 0 Å². The molecule has 0 aromatic heterocycles. The lowest BCUT2D eigenvalue weighted by Gasteiger charge is -2.08. The van der Waals surface area contributed by atoms with Crippen LogP contribution in [0.15, 0.2) is 109 Å². The van der Waals surface area contributed by atoms with Gasteiger partial charge in [-0.2, -0.15) is 0 Å². The lowest BCUT2D eigenvalue weighted by atomic mass is 10.0. The first-order chi connectivity index (χ1) is 14.2. The summed E-state index contributed by atoms with van der Waals surface area (Å²) in [5, 5.41) is 0. The van der Waals surface area contributed by atoms with Crippen LogP contribution in [-0.2, 0) is 0 Å². The van der Waals surface area contributed by atoms with Crippen molar-refractivity contribution in [3.63, 3.8) is 0 Å². The quantitative estimate of drug-likeness (QED) is 0.390. The summed E-state index contributed by atoms with van der Waals surface area (Å²) in [5.41, 5.74) is 2.51. The Morgan fingerprint density at radius 1 is 0.414 bits per heavy atom. The molecule has 0 fully saturated rings. The number of hydrogen-bond donors (Lipinski definition) is 0. The number of benzene rings is 4. The molecule has 0 atom stereocenters. The molecule has 0 saturated carbocycles. The van der Waals surface area contributed by atoms with E-state index in [2.05, 4.69) is 0 Å². The fourth-order valence-electron chi connectivity index (χ4n) is 3.00. The first kappa shape index (κ1) is 18.4. The van der Waals surface area contributed by atoms with Crippen molar-refractivity contribution in [2.45, 2.75) is 0 Å². The van der Waals surface area contributed by atoms with Crippen molar-refractivity contribution in [3.8, 4) is 11.5 Å². The predicted molar refractivity (Wildman–Crippen MR) is 113 cm³/mol. The van der Waals surface area contributed by atoms with Gasteiger partial charge in [-0.25, -0.2) is 0 Å². The van der Waals surface area contributed by atoms with Crippen LogP contribution in [0.1, 0.15) is 31.8 Å². The molecule has 140 valence electrons. The number of ether oxygens (including phenoxy) is 1. The Bertz CT molecular complexity index is 1020. The summed E-state index contributed by atoms with van der Waals surface area (Å²) >= 11 is 0. The highest BCUT2D eigenvalue weighted by Crippen LogP contribution is 2.23. The molecule has 4 aromatic carbocycles. The zero-order chi connectivity index (χ0) is 20.1. The maximum absolute atomic E-state index is 12.5. The molecule has 0 unspecified atom stereocenters. The standard InChI is InChI=1S/C26H18O3/c27-25(19-7-3-1-4-8-19)21-11-15-23(16-12-21)29-24-17-13-22(14-18-24)26(28)20-9-5-2-6-10-20/h1-18H. The fraction of sp³-hybridized carbons (Fsp3) is 0. The molecule has 3 nitrogen and oxygen atoms in total. The molecule has 0 amide bonds. The Hall–Kier alpha value is -3.98. The molecule has 0 saturated heterocycles. The average Bonchev–Trinajstić information content (AvgIpc) is 2.80. The van der Waals surface area contributed by atoms with Crippen LogP contribution in [-0.4, -0.2) is 11.6 Å². The van der Waals surface area contributed by atoms with Gasteiger partial charge < -0.3 is 4.74 Å². The maximum atomic E-state index is 12.5. The molecule has 29 heavy (non-hydrogen) atoms. The fourth-order valence-corrected chi connectivity index (χ4v) is 3.00. The van der Waals surface area contributed by atoms with E-state index >= 15 is 0 Å². The Morgan fingerprint density at radius 2 is 0.724 bits per heavy atom. The summed E-state index contributed by atoms with van der Waals surface area (Å²) in [6.45, 7) is 0. The van der Waals surface area contributed by atoms with E-state index in [0.717, 1.165) is 0 Å². The summed E-state index contributed by atoms with van der Waals surface area (Å²) < 4.78 is 5.84. The van der Waals surface area contributed by atoms with Crippen molar-refractivity contribution in [3.05, 3.63) is 131 Å². The number of ketones is 2. The largest absolute Gasteiger partial charge is 0.457 e. The van der Waals surface area contributed by atoms with Gasteiger partial charge in [-0.15, -0.1) is 0 Å². The van der Waals surface area contributed by atoms with Crippen LogP contribution in [0.2, 0.25) is 0 Å². The van der Waals surface area contributed by atoms with Gasteiger partial charge in [0.05, 0.1) is 0 Å². The van der Waals surface area contributed by atoms with Crippen molar-refractivity contribution in [2.24, 2.45) is 0 Å². The van der Waals surface area contributed by atoms with Gasteiger partial charge in [0.15, 0.2) is 11.6 Å². The van der Waals surface area contributed by atoms with Gasteiger partial charge in [0.1, 0.15) is 11.5 Å². The lowest BCUT2D eigenvalue weighted by molar-refractivity contribution is 0.103. The Morgan fingerprint density at radius 3 is 1.07 bits per heavy atom. The summed E-state index contributed by atoms with van der Waals surface area (Å²) in [5.74, 6) is 1.19. The highest BCUT2D eigenvalue weighted by Gasteiger charge is 2.10. The number of carbonyl (C=O) groups excluding carboxylic acids is 2. The van der Waals surface area contributed by atoms with E-state index in [1.54, 1.807) is 72.8 Å². The molecule has 4 aromatic rings. The molecule has 0 heterocycles. The second-order valence-electron chi connectivity index (χ2n) is 6.54. The van der Waals surface area contributed by atoms with Crippen LogP contribution in [0.5, 0.6) is 11.5 Å². The highest BCUT2D eigenvalue weighted by atomic mass is 16.5. The molecule has 0 aliphatic carbocycles. The second kappa shape index (κ2) is 8.36. The molecule has 0 aliphatic rings. The number of rotatable bonds is 6. The SMILES string of the molecule is O=C(c1ccccc1)c1ccc(Oc2ccc(C(=O)c3ccccc3)cc2)cc1. The van der Waals surface area contributed by atoms with Crippen LogP contribution in [0.4, 0.5) is 0 Å². The van der Waals surface area contributed by atoms with Gasteiger partial charge in [-0.3, -0.25) is 9.59 Å². The van der Waals surface area contributed by atoms with Gasteiger partial charge >= 0.3 is 0 Å². The van der Waals surface area contributed by atoms with Crippen molar-refractivity contribution < 1.29 is 14.3 Å². The first-order valence-corrected chi connectivity index (χ1v) is 9.28. The highest BCUT2D eigenvalue weighted by molar-refractivity contribution is 6.09. The van der Waals surface area contributed by atoms with Gasteiger partial charge in [0.2, 0.25) is 0 Å². The zero-order valence-corrected chi connectivity index (χ0v) is 15.6. The van der Waals surface area contributed by atoms with E-state index < -0.39 is 0 Å². The minimum atomic E-state index is -0.0269. The molecule has 0 radical (unpaired) electrons. The summed E-state index contributed by atoms with van der Waals surface area (Å²) in [6.07, 6.45) is 0. The average molecular weight is 378 g/mol. The third-order valence-electron chi connectivity index (χ3n) is 4.54. The molecule has 0 N–H and O–H groups in total. The van der Waals surface area contributed by atoms with Crippen molar-refractivity contribution in [1.29, 1.82) is 0 Å². The Balaban J connectivity index is 1.44. The minimum Gasteiger partial charge on any atom is -0.457 e. The van der Waals surface area contributed by atoms with Crippen LogP contribution >= 0.6 is 0 Å². The van der Waals surface area contributed by atoms with E-state index in [0.29, 0.717) is 33.8 Å². The first-order valence-electron chi connectivity index (χ1n) is 9.28. The number of carbonyl (C=O) groups is 2. The van der Waals surface area contributed by atoms with Gasteiger partial charge in [-0.05, 0) is 48.5 Å². The van der Waals surface area contributed by atoms with Crippen LogP contribution < -0.4 is 4.74 Å².